The van der Waals surface area contributed by atoms with Crippen molar-refractivity contribution in [1.29, 1.82) is 0 Å². The lowest BCUT2D eigenvalue weighted by atomic mass is 10.1. The van der Waals surface area contributed by atoms with Crippen molar-refractivity contribution in [3.8, 4) is 11.5 Å². The summed E-state index contributed by atoms with van der Waals surface area (Å²) in [6.45, 7) is 0.541. The maximum absolute atomic E-state index is 11.0. The summed E-state index contributed by atoms with van der Waals surface area (Å²) < 4.78 is 5.85. The molecule has 0 saturated heterocycles. The van der Waals surface area contributed by atoms with Crippen LogP contribution in [0.2, 0.25) is 0 Å². The van der Waals surface area contributed by atoms with Gasteiger partial charge in [-0.1, -0.05) is 24.3 Å². The molecule has 0 unspecified atom stereocenters. The predicted molar refractivity (Wildman–Crippen MR) is 75.4 cm³/mol. The number of carbonyl (C=O) groups is 1. The van der Waals surface area contributed by atoms with Crippen LogP contribution in [0.1, 0.15) is 6.42 Å². The van der Waals surface area contributed by atoms with Gasteiger partial charge in [-0.2, -0.15) is 0 Å². The minimum atomic E-state index is -0.332. The van der Waals surface area contributed by atoms with E-state index in [4.69, 9.17) is 16.3 Å². The standard InChI is InChI=1S/C15H12ClNO2/c16-15(18)9-10-17-11-5-1-3-7-13(11)19-14-8-4-2-6-12(14)17/h1-8H,9-10H2. The van der Waals surface area contributed by atoms with Gasteiger partial charge in [-0.15, -0.1) is 0 Å². The molecule has 0 saturated carbocycles. The highest BCUT2D eigenvalue weighted by Gasteiger charge is 2.23. The number of hydrogen-bond donors (Lipinski definition) is 0. The van der Waals surface area contributed by atoms with Gasteiger partial charge in [0.1, 0.15) is 0 Å². The van der Waals surface area contributed by atoms with Crippen LogP contribution >= 0.6 is 11.6 Å². The van der Waals surface area contributed by atoms with Crippen molar-refractivity contribution in [2.45, 2.75) is 6.42 Å². The van der Waals surface area contributed by atoms with Crippen LogP contribution in [-0.2, 0) is 4.79 Å². The third kappa shape index (κ3) is 2.29. The highest BCUT2D eigenvalue weighted by atomic mass is 35.5. The van der Waals surface area contributed by atoms with Gasteiger partial charge in [0.25, 0.3) is 0 Å². The molecule has 0 fully saturated rings. The van der Waals surface area contributed by atoms with Gasteiger partial charge in [-0.3, -0.25) is 4.79 Å². The number of nitrogens with zero attached hydrogens (tertiary/aromatic N) is 1. The third-order valence-corrected chi connectivity index (χ3v) is 3.25. The maximum Gasteiger partial charge on any atom is 0.223 e. The van der Waals surface area contributed by atoms with E-state index in [0.717, 1.165) is 22.9 Å². The second-order valence-corrected chi connectivity index (χ2v) is 4.72. The highest BCUT2D eigenvalue weighted by molar-refractivity contribution is 6.63. The summed E-state index contributed by atoms with van der Waals surface area (Å²) in [4.78, 5) is 13.1. The zero-order valence-corrected chi connectivity index (χ0v) is 10.9. The molecule has 1 heterocycles. The number of rotatable bonds is 3. The van der Waals surface area contributed by atoms with Crippen LogP contribution in [0.25, 0.3) is 0 Å². The Bertz CT molecular complexity index is 582. The van der Waals surface area contributed by atoms with E-state index in [0.29, 0.717) is 13.0 Å². The van der Waals surface area contributed by atoms with Crippen LogP contribution in [0.4, 0.5) is 11.4 Å². The molecule has 0 aliphatic carbocycles. The Hall–Kier alpha value is -2.00. The lowest BCUT2D eigenvalue weighted by Crippen LogP contribution is -2.23. The molecular formula is C15H12ClNO2. The van der Waals surface area contributed by atoms with E-state index in [-0.39, 0.29) is 5.24 Å². The van der Waals surface area contributed by atoms with Gasteiger partial charge in [-0.25, -0.2) is 0 Å². The van der Waals surface area contributed by atoms with Gasteiger partial charge < -0.3 is 9.64 Å². The van der Waals surface area contributed by atoms with E-state index in [1.807, 2.05) is 48.5 Å². The fourth-order valence-corrected chi connectivity index (χ4v) is 2.31. The number of anilines is 2. The Morgan fingerprint density at radius 2 is 1.53 bits per heavy atom. The van der Waals surface area contributed by atoms with Gasteiger partial charge in [0.05, 0.1) is 11.4 Å². The summed E-state index contributed by atoms with van der Waals surface area (Å²) in [5.74, 6) is 1.59. The fourth-order valence-electron chi connectivity index (χ4n) is 2.22. The van der Waals surface area contributed by atoms with Gasteiger partial charge in [0.2, 0.25) is 5.24 Å². The highest BCUT2D eigenvalue weighted by Crippen LogP contribution is 2.46. The first-order valence-corrected chi connectivity index (χ1v) is 6.45. The number of fused-ring (bicyclic) bond motifs is 2. The Morgan fingerprint density at radius 3 is 2.05 bits per heavy atom. The van der Waals surface area contributed by atoms with Crippen molar-refractivity contribution in [2.24, 2.45) is 0 Å². The lowest BCUT2D eigenvalue weighted by Gasteiger charge is -2.32. The topological polar surface area (TPSA) is 29.5 Å². The Kier molecular flexibility index (Phi) is 3.13. The number of benzene rings is 2. The first-order chi connectivity index (χ1) is 9.25. The van der Waals surface area contributed by atoms with Crippen molar-refractivity contribution in [2.75, 3.05) is 11.4 Å². The van der Waals surface area contributed by atoms with E-state index in [1.165, 1.54) is 0 Å². The zero-order valence-electron chi connectivity index (χ0n) is 10.2. The normalized spacial score (nSPS) is 12.4. The minimum absolute atomic E-state index is 0.296. The molecule has 0 amide bonds. The molecule has 0 spiro atoms. The van der Waals surface area contributed by atoms with Crippen LogP contribution in [0.3, 0.4) is 0 Å². The summed E-state index contributed by atoms with van der Waals surface area (Å²) in [6, 6.07) is 15.5. The second kappa shape index (κ2) is 4.94. The molecular weight excluding hydrogens is 262 g/mol. The summed E-state index contributed by atoms with van der Waals surface area (Å²) in [6.07, 6.45) is 0.296. The van der Waals surface area contributed by atoms with Crippen LogP contribution in [-0.4, -0.2) is 11.8 Å². The average Bonchev–Trinajstić information content (AvgIpc) is 2.43. The number of ether oxygens (including phenoxy) is 1. The lowest BCUT2D eigenvalue weighted by molar-refractivity contribution is -0.111. The van der Waals surface area contributed by atoms with Gasteiger partial charge in [0, 0.05) is 13.0 Å². The predicted octanol–water partition coefficient (Wildman–Crippen LogP) is 4.09. The monoisotopic (exact) mass is 273 g/mol. The molecule has 0 radical (unpaired) electrons. The van der Waals surface area contributed by atoms with E-state index in [2.05, 4.69) is 4.90 Å². The molecule has 3 nitrogen and oxygen atoms in total. The van der Waals surface area contributed by atoms with Crippen molar-refractivity contribution >= 4 is 28.2 Å². The molecule has 19 heavy (non-hydrogen) atoms. The first kappa shape index (κ1) is 12.1. The summed E-state index contributed by atoms with van der Waals surface area (Å²) in [5.41, 5.74) is 1.92. The number of hydrogen-bond acceptors (Lipinski definition) is 3. The molecule has 3 rings (SSSR count). The van der Waals surface area contributed by atoms with Crippen molar-refractivity contribution < 1.29 is 9.53 Å². The molecule has 1 aliphatic heterocycles. The fraction of sp³-hybridized carbons (Fsp3) is 0.133. The maximum atomic E-state index is 11.0. The van der Waals surface area contributed by atoms with Gasteiger partial charge >= 0.3 is 0 Å². The van der Waals surface area contributed by atoms with Crippen molar-refractivity contribution in [3.63, 3.8) is 0 Å². The van der Waals surface area contributed by atoms with Crippen LogP contribution in [0, 0.1) is 0 Å². The Labute approximate surface area is 116 Å². The first-order valence-electron chi connectivity index (χ1n) is 6.07. The molecule has 0 bridgehead atoms. The molecule has 2 aromatic rings. The quantitative estimate of drug-likeness (QED) is 0.789. The summed E-state index contributed by atoms with van der Waals surface area (Å²) in [5, 5.41) is -0.332. The molecule has 0 aromatic heterocycles. The Balaban J connectivity index is 2.03. The van der Waals surface area contributed by atoms with Crippen LogP contribution in [0.5, 0.6) is 11.5 Å². The van der Waals surface area contributed by atoms with E-state index < -0.39 is 0 Å². The zero-order chi connectivity index (χ0) is 13.2. The molecule has 0 N–H and O–H groups in total. The smallest absolute Gasteiger partial charge is 0.223 e. The molecule has 2 aromatic carbocycles. The van der Waals surface area contributed by atoms with E-state index >= 15 is 0 Å². The van der Waals surface area contributed by atoms with Crippen molar-refractivity contribution in [1.82, 2.24) is 0 Å². The van der Waals surface area contributed by atoms with Gasteiger partial charge in [-0.05, 0) is 35.9 Å². The summed E-state index contributed by atoms with van der Waals surface area (Å²) >= 11 is 5.45. The molecule has 0 atom stereocenters. The second-order valence-electron chi connectivity index (χ2n) is 4.29. The van der Waals surface area contributed by atoms with Gasteiger partial charge in [0.15, 0.2) is 11.5 Å². The number of halogens is 1. The SMILES string of the molecule is O=C(Cl)CCN1c2ccccc2Oc2ccccc21. The van der Waals surface area contributed by atoms with Crippen molar-refractivity contribution in [3.05, 3.63) is 48.5 Å². The van der Waals surface area contributed by atoms with E-state index in [9.17, 15) is 4.79 Å². The third-order valence-electron chi connectivity index (χ3n) is 3.06. The largest absolute Gasteiger partial charge is 0.453 e. The average molecular weight is 274 g/mol. The minimum Gasteiger partial charge on any atom is -0.453 e. The molecule has 1 aliphatic rings. The Morgan fingerprint density at radius 1 is 1.00 bits per heavy atom. The summed E-state index contributed by atoms with van der Waals surface area (Å²) in [7, 11) is 0. The van der Waals surface area contributed by atoms with E-state index in [1.54, 1.807) is 0 Å². The van der Waals surface area contributed by atoms with Crippen LogP contribution < -0.4 is 9.64 Å². The number of para-hydroxylation sites is 4. The van der Waals surface area contributed by atoms with Crippen LogP contribution in [0.15, 0.2) is 48.5 Å². The number of carbonyl (C=O) groups excluding carboxylic acids is 1. The molecule has 96 valence electrons. The molecule has 4 heteroatoms.